The van der Waals surface area contributed by atoms with Crippen molar-refractivity contribution in [1.29, 1.82) is 0 Å². The van der Waals surface area contributed by atoms with E-state index in [1.54, 1.807) is 18.5 Å². The standard InChI is InChI=1S/C12H13BrFN3/c1-8(15-2)9-3-4-12(11(14)5-9)17-7-10(13)6-16-17/h3-8,15H,1-2H3. The number of hydrogen-bond acceptors (Lipinski definition) is 2. The molecule has 17 heavy (non-hydrogen) atoms. The third-order valence-electron chi connectivity index (χ3n) is 2.70. The molecule has 0 fully saturated rings. The van der Waals surface area contributed by atoms with Crippen molar-refractivity contribution in [3.8, 4) is 5.69 Å². The van der Waals surface area contributed by atoms with Gasteiger partial charge in [-0.3, -0.25) is 0 Å². The maximum atomic E-state index is 13.9. The van der Waals surface area contributed by atoms with Gasteiger partial charge in [-0.15, -0.1) is 0 Å². The Morgan fingerprint density at radius 1 is 1.47 bits per heavy atom. The van der Waals surface area contributed by atoms with E-state index >= 15 is 0 Å². The van der Waals surface area contributed by atoms with Crippen LogP contribution in [0.15, 0.2) is 35.1 Å². The monoisotopic (exact) mass is 297 g/mol. The third kappa shape index (κ3) is 2.56. The molecule has 0 aliphatic carbocycles. The fourth-order valence-corrected chi connectivity index (χ4v) is 1.86. The van der Waals surface area contributed by atoms with Gasteiger partial charge in [0.2, 0.25) is 0 Å². The van der Waals surface area contributed by atoms with Crippen LogP contribution in [0, 0.1) is 5.82 Å². The number of rotatable bonds is 3. The molecule has 0 aliphatic rings. The topological polar surface area (TPSA) is 29.9 Å². The van der Waals surface area contributed by atoms with Crippen LogP contribution in [0.3, 0.4) is 0 Å². The van der Waals surface area contributed by atoms with Gasteiger partial charge in [0.05, 0.1) is 10.7 Å². The fraction of sp³-hybridized carbons (Fsp3) is 0.250. The van der Waals surface area contributed by atoms with Gasteiger partial charge >= 0.3 is 0 Å². The smallest absolute Gasteiger partial charge is 0.149 e. The Balaban J connectivity index is 2.38. The lowest BCUT2D eigenvalue weighted by Gasteiger charge is -2.12. The summed E-state index contributed by atoms with van der Waals surface area (Å²) in [4.78, 5) is 0. The maximum absolute atomic E-state index is 13.9. The van der Waals surface area contributed by atoms with Crippen molar-refractivity contribution in [2.45, 2.75) is 13.0 Å². The van der Waals surface area contributed by atoms with E-state index in [0.29, 0.717) is 5.69 Å². The van der Waals surface area contributed by atoms with E-state index in [0.717, 1.165) is 10.0 Å². The van der Waals surface area contributed by atoms with Crippen molar-refractivity contribution in [3.63, 3.8) is 0 Å². The number of nitrogens with one attached hydrogen (secondary N) is 1. The Kier molecular flexibility index (Phi) is 3.59. The van der Waals surface area contributed by atoms with Gasteiger partial charge in [0.25, 0.3) is 0 Å². The van der Waals surface area contributed by atoms with Gasteiger partial charge in [0.15, 0.2) is 0 Å². The molecule has 5 heteroatoms. The molecule has 0 spiro atoms. The summed E-state index contributed by atoms with van der Waals surface area (Å²) in [6, 6.07) is 5.29. The van der Waals surface area contributed by atoms with Crippen LogP contribution < -0.4 is 5.32 Å². The van der Waals surface area contributed by atoms with E-state index < -0.39 is 0 Å². The SMILES string of the molecule is CNC(C)c1ccc(-n2cc(Br)cn2)c(F)c1. The molecular weight excluding hydrogens is 285 g/mol. The molecule has 1 heterocycles. The van der Waals surface area contributed by atoms with Crippen molar-refractivity contribution in [3.05, 3.63) is 46.4 Å². The summed E-state index contributed by atoms with van der Waals surface area (Å²) < 4.78 is 16.3. The highest BCUT2D eigenvalue weighted by atomic mass is 79.9. The van der Waals surface area contributed by atoms with E-state index in [1.165, 1.54) is 10.7 Å². The molecule has 1 N–H and O–H groups in total. The lowest BCUT2D eigenvalue weighted by atomic mass is 10.1. The van der Waals surface area contributed by atoms with Gasteiger partial charge in [-0.05, 0) is 47.6 Å². The molecule has 2 aromatic rings. The summed E-state index contributed by atoms with van der Waals surface area (Å²) in [6.07, 6.45) is 3.35. The van der Waals surface area contributed by atoms with E-state index in [2.05, 4.69) is 26.3 Å². The van der Waals surface area contributed by atoms with Gasteiger partial charge in [-0.1, -0.05) is 6.07 Å². The summed E-state index contributed by atoms with van der Waals surface area (Å²) >= 11 is 3.29. The molecule has 3 nitrogen and oxygen atoms in total. The van der Waals surface area contributed by atoms with Crippen LogP contribution in [0.5, 0.6) is 0 Å². The Labute approximate surface area is 108 Å². The van der Waals surface area contributed by atoms with E-state index in [9.17, 15) is 4.39 Å². The fourth-order valence-electron chi connectivity index (χ4n) is 1.58. The Hall–Kier alpha value is -1.20. The molecule has 0 aliphatic heterocycles. The summed E-state index contributed by atoms with van der Waals surface area (Å²) in [6.45, 7) is 1.99. The molecule has 1 atom stereocenters. The summed E-state index contributed by atoms with van der Waals surface area (Å²) in [7, 11) is 1.85. The minimum atomic E-state index is -0.278. The van der Waals surface area contributed by atoms with Crippen LogP contribution in [0.25, 0.3) is 5.69 Å². The highest BCUT2D eigenvalue weighted by Gasteiger charge is 2.09. The second kappa shape index (κ2) is 4.98. The maximum Gasteiger partial charge on any atom is 0.149 e. The molecule has 0 saturated heterocycles. The van der Waals surface area contributed by atoms with Crippen molar-refractivity contribution in [1.82, 2.24) is 15.1 Å². The van der Waals surface area contributed by atoms with Gasteiger partial charge in [0, 0.05) is 12.2 Å². The Morgan fingerprint density at radius 3 is 2.76 bits per heavy atom. The second-order valence-corrected chi connectivity index (χ2v) is 4.74. The zero-order chi connectivity index (χ0) is 12.4. The first kappa shape index (κ1) is 12.3. The van der Waals surface area contributed by atoms with Crippen LogP contribution >= 0.6 is 15.9 Å². The first-order valence-electron chi connectivity index (χ1n) is 5.29. The number of benzene rings is 1. The molecule has 1 aromatic carbocycles. The van der Waals surface area contributed by atoms with Crippen molar-refractivity contribution in [2.24, 2.45) is 0 Å². The lowest BCUT2D eigenvalue weighted by molar-refractivity contribution is 0.596. The van der Waals surface area contributed by atoms with E-state index in [1.807, 2.05) is 20.0 Å². The molecule has 0 bridgehead atoms. The molecule has 1 unspecified atom stereocenters. The number of aromatic nitrogens is 2. The molecule has 0 saturated carbocycles. The van der Waals surface area contributed by atoms with E-state index in [-0.39, 0.29) is 11.9 Å². The zero-order valence-electron chi connectivity index (χ0n) is 9.61. The average Bonchev–Trinajstić information content (AvgIpc) is 2.74. The van der Waals surface area contributed by atoms with Crippen LogP contribution in [0.2, 0.25) is 0 Å². The first-order valence-corrected chi connectivity index (χ1v) is 6.08. The molecule has 90 valence electrons. The zero-order valence-corrected chi connectivity index (χ0v) is 11.2. The van der Waals surface area contributed by atoms with Crippen LogP contribution in [0.1, 0.15) is 18.5 Å². The van der Waals surface area contributed by atoms with Crippen LogP contribution in [0.4, 0.5) is 4.39 Å². The normalized spacial score (nSPS) is 12.7. The number of hydrogen-bond donors (Lipinski definition) is 1. The predicted octanol–water partition coefficient (Wildman–Crippen LogP) is 3.05. The highest BCUT2D eigenvalue weighted by molar-refractivity contribution is 9.10. The Morgan fingerprint density at radius 2 is 2.24 bits per heavy atom. The summed E-state index contributed by atoms with van der Waals surface area (Å²) in [5, 5.41) is 7.13. The van der Waals surface area contributed by atoms with E-state index in [4.69, 9.17) is 0 Å². The quantitative estimate of drug-likeness (QED) is 0.944. The largest absolute Gasteiger partial charge is 0.313 e. The van der Waals surface area contributed by atoms with Gasteiger partial charge in [-0.25, -0.2) is 9.07 Å². The Bertz CT molecular complexity index is 524. The van der Waals surface area contributed by atoms with Gasteiger partial charge < -0.3 is 5.32 Å². The average molecular weight is 298 g/mol. The minimum absolute atomic E-state index is 0.128. The number of halogens is 2. The molecule has 0 amide bonds. The molecule has 2 rings (SSSR count). The predicted molar refractivity (Wildman–Crippen MR) is 68.7 cm³/mol. The molecule has 1 aromatic heterocycles. The van der Waals surface area contributed by atoms with Gasteiger partial charge in [-0.2, -0.15) is 5.10 Å². The lowest BCUT2D eigenvalue weighted by Crippen LogP contribution is -2.12. The van der Waals surface area contributed by atoms with Crippen LogP contribution in [-0.4, -0.2) is 16.8 Å². The second-order valence-electron chi connectivity index (χ2n) is 3.82. The van der Waals surface area contributed by atoms with Crippen LogP contribution in [-0.2, 0) is 0 Å². The molecule has 0 radical (unpaired) electrons. The molecular formula is C12H13BrFN3. The first-order chi connectivity index (χ1) is 8.11. The van der Waals surface area contributed by atoms with Crippen molar-refractivity contribution >= 4 is 15.9 Å². The summed E-state index contributed by atoms with van der Waals surface area (Å²) in [5.74, 6) is -0.278. The van der Waals surface area contributed by atoms with Crippen molar-refractivity contribution in [2.75, 3.05) is 7.05 Å². The summed E-state index contributed by atoms with van der Waals surface area (Å²) in [5.41, 5.74) is 1.36. The third-order valence-corrected chi connectivity index (χ3v) is 3.11. The minimum Gasteiger partial charge on any atom is -0.313 e. The van der Waals surface area contributed by atoms with Gasteiger partial charge in [0.1, 0.15) is 11.5 Å². The van der Waals surface area contributed by atoms with Crippen molar-refractivity contribution < 1.29 is 4.39 Å². The number of nitrogens with zero attached hydrogens (tertiary/aromatic N) is 2. The highest BCUT2D eigenvalue weighted by Crippen LogP contribution is 2.20.